The molecule has 4 nitrogen and oxygen atoms in total. The van der Waals surface area contributed by atoms with E-state index in [0.717, 1.165) is 29.7 Å². The summed E-state index contributed by atoms with van der Waals surface area (Å²) in [5, 5.41) is 0. The van der Waals surface area contributed by atoms with E-state index in [1.165, 1.54) is 4.31 Å². The standard InChI is InChI=1S/C13H19NO3S/c1-5-11-7-10-8-13(18(15,16)14(3)4)9(2)6-12(10)17-11/h6,8,11H,5,7H2,1-4H3. The summed E-state index contributed by atoms with van der Waals surface area (Å²) < 4.78 is 31.4. The fourth-order valence-electron chi connectivity index (χ4n) is 2.14. The van der Waals surface area contributed by atoms with E-state index < -0.39 is 10.0 Å². The predicted octanol–water partition coefficient (Wildman–Crippen LogP) is 1.96. The van der Waals surface area contributed by atoms with Gasteiger partial charge in [-0.2, -0.15) is 0 Å². The maximum Gasteiger partial charge on any atom is 0.242 e. The van der Waals surface area contributed by atoms with E-state index in [1.807, 2.05) is 6.07 Å². The monoisotopic (exact) mass is 269 g/mol. The number of aryl methyl sites for hydroxylation is 1. The van der Waals surface area contributed by atoms with Crippen LogP contribution in [0.15, 0.2) is 17.0 Å². The molecule has 1 heterocycles. The first-order valence-electron chi connectivity index (χ1n) is 6.09. The van der Waals surface area contributed by atoms with Gasteiger partial charge in [0.15, 0.2) is 0 Å². The van der Waals surface area contributed by atoms with Crippen LogP contribution in [0.1, 0.15) is 24.5 Å². The molecule has 1 aliphatic heterocycles. The molecule has 0 amide bonds. The third-order valence-corrected chi connectivity index (χ3v) is 5.27. The highest BCUT2D eigenvalue weighted by molar-refractivity contribution is 7.89. The van der Waals surface area contributed by atoms with Gasteiger partial charge >= 0.3 is 0 Å². The summed E-state index contributed by atoms with van der Waals surface area (Å²) in [5.74, 6) is 0.831. The zero-order chi connectivity index (χ0) is 13.5. The Morgan fingerprint density at radius 1 is 1.39 bits per heavy atom. The summed E-state index contributed by atoms with van der Waals surface area (Å²) in [7, 11) is -0.278. The molecule has 1 aliphatic rings. The number of rotatable bonds is 3. The van der Waals surface area contributed by atoms with Crippen LogP contribution in [0.5, 0.6) is 5.75 Å². The number of benzene rings is 1. The van der Waals surface area contributed by atoms with Crippen LogP contribution in [0, 0.1) is 6.92 Å². The minimum atomic E-state index is -3.38. The third-order valence-electron chi connectivity index (χ3n) is 3.31. The van der Waals surface area contributed by atoms with E-state index in [1.54, 1.807) is 27.1 Å². The first kappa shape index (κ1) is 13.4. The number of hydrogen-bond acceptors (Lipinski definition) is 3. The molecule has 0 bridgehead atoms. The number of ether oxygens (including phenoxy) is 1. The van der Waals surface area contributed by atoms with Crippen molar-refractivity contribution in [3.63, 3.8) is 0 Å². The maximum atomic E-state index is 12.2. The van der Waals surface area contributed by atoms with Gasteiger partial charge < -0.3 is 4.74 Å². The van der Waals surface area contributed by atoms with Crippen molar-refractivity contribution in [2.45, 2.75) is 37.7 Å². The van der Waals surface area contributed by atoms with E-state index in [0.29, 0.717) is 4.90 Å². The molecule has 1 aromatic rings. The van der Waals surface area contributed by atoms with Crippen LogP contribution in [0.2, 0.25) is 0 Å². The van der Waals surface area contributed by atoms with Gasteiger partial charge in [-0.25, -0.2) is 12.7 Å². The molecule has 100 valence electrons. The first-order chi connectivity index (χ1) is 8.36. The smallest absolute Gasteiger partial charge is 0.242 e. The van der Waals surface area contributed by atoms with Gasteiger partial charge in [0, 0.05) is 20.5 Å². The molecular formula is C13H19NO3S. The summed E-state index contributed by atoms with van der Waals surface area (Å²) in [6, 6.07) is 3.59. The number of sulfonamides is 1. The minimum Gasteiger partial charge on any atom is -0.490 e. The molecule has 0 aliphatic carbocycles. The van der Waals surface area contributed by atoms with E-state index in [2.05, 4.69) is 6.92 Å². The van der Waals surface area contributed by atoms with Crippen LogP contribution in [-0.2, 0) is 16.4 Å². The average molecular weight is 269 g/mol. The van der Waals surface area contributed by atoms with Crippen LogP contribution in [0.25, 0.3) is 0 Å². The number of fused-ring (bicyclic) bond motifs is 1. The maximum absolute atomic E-state index is 12.2. The summed E-state index contributed by atoms with van der Waals surface area (Å²) in [6.45, 7) is 3.88. The van der Waals surface area contributed by atoms with Crippen molar-refractivity contribution >= 4 is 10.0 Å². The highest BCUT2D eigenvalue weighted by Gasteiger charge is 2.27. The topological polar surface area (TPSA) is 46.6 Å². The lowest BCUT2D eigenvalue weighted by atomic mass is 10.1. The summed E-state index contributed by atoms with van der Waals surface area (Å²) in [6.07, 6.45) is 1.91. The van der Waals surface area contributed by atoms with Gasteiger partial charge in [-0.15, -0.1) is 0 Å². The Kier molecular flexibility index (Phi) is 3.38. The van der Waals surface area contributed by atoms with Crippen molar-refractivity contribution in [1.82, 2.24) is 4.31 Å². The molecule has 0 saturated carbocycles. The van der Waals surface area contributed by atoms with E-state index in [4.69, 9.17) is 4.74 Å². The van der Waals surface area contributed by atoms with Crippen molar-refractivity contribution in [2.24, 2.45) is 0 Å². The van der Waals surface area contributed by atoms with Crippen LogP contribution in [0.4, 0.5) is 0 Å². The fourth-order valence-corrected chi connectivity index (χ4v) is 3.29. The Balaban J connectivity index is 2.49. The normalized spacial score (nSPS) is 18.8. The van der Waals surface area contributed by atoms with Crippen LogP contribution in [-0.4, -0.2) is 32.9 Å². The predicted molar refractivity (Wildman–Crippen MR) is 70.5 cm³/mol. The van der Waals surface area contributed by atoms with Crippen LogP contribution < -0.4 is 4.74 Å². The molecule has 18 heavy (non-hydrogen) atoms. The molecule has 2 rings (SSSR count). The van der Waals surface area contributed by atoms with Gasteiger partial charge in [0.25, 0.3) is 0 Å². The largest absolute Gasteiger partial charge is 0.490 e. The zero-order valence-corrected chi connectivity index (χ0v) is 12.0. The van der Waals surface area contributed by atoms with E-state index in [-0.39, 0.29) is 6.10 Å². The second kappa shape index (κ2) is 4.55. The summed E-state index contributed by atoms with van der Waals surface area (Å²) in [5.41, 5.74) is 1.73. The molecule has 1 aromatic carbocycles. The van der Waals surface area contributed by atoms with Crippen molar-refractivity contribution < 1.29 is 13.2 Å². The average Bonchev–Trinajstić information content (AvgIpc) is 2.69. The number of hydrogen-bond donors (Lipinski definition) is 0. The Labute approximate surface area is 109 Å². The Hall–Kier alpha value is -1.07. The minimum absolute atomic E-state index is 0.178. The first-order valence-corrected chi connectivity index (χ1v) is 7.53. The van der Waals surface area contributed by atoms with Crippen LogP contribution >= 0.6 is 0 Å². The second-order valence-corrected chi connectivity index (χ2v) is 6.99. The Morgan fingerprint density at radius 2 is 2.06 bits per heavy atom. The van der Waals surface area contributed by atoms with Gasteiger partial charge in [-0.1, -0.05) is 6.92 Å². The second-order valence-electron chi connectivity index (χ2n) is 4.87. The lowest BCUT2D eigenvalue weighted by molar-refractivity contribution is 0.228. The molecule has 1 unspecified atom stereocenters. The molecule has 0 radical (unpaired) electrons. The molecule has 0 saturated heterocycles. The Bertz CT molecular complexity index is 564. The van der Waals surface area contributed by atoms with Gasteiger partial charge in [-0.3, -0.25) is 0 Å². The lowest BCUT2D eigenvalue weighted by Gasteiger charge is -2.14. The highest BCUT2D eigenvalue weighted by atomic mass is 32.2. The Morgan fingerprint density at radius 3 is 2.61 bits per heavy atom. The van der Waals surface area contributed by atoms with E-state index >= 15 is 0 Å². The lowest BCUT2D eigenvalue weighted by Crippen LogP contribution is -2.23. The van der Waals surface area contributed by atoms with E-state index in [9.17, 15) is 8.42 Å². The summed E-state index contributed by atoms with van der Waals surface area (Å²) in [4.78, 5) is 0.381. The van der Waals surface area contributed by atoms with Crippen molar-refractivity contribution in [1.29, 1.82) is 0 Å². The van der Waals surface area contributed by atoms with Gasteiger partial charge in [-0.05, 0) is 36.6 Å². The highest BCUT2D eigenvalue weighted by Crippen LogP contribution is 2.34. The summed E-state index contributed by atoms with van der Waals surface area (Å²) >= 11 is 0. The molecule has 0 N–H and O–H groups in total. The zero-order valence-electron chi connectivity index (χ0n) is 11.2. The molecule has 0 fully saturated rings. The molecule has 5 heteroatoms. The quantitative estimate of drug-likeness (QED) is 0.842. The van der Waals surface area contributed by atoms with Crippen molar-refractivity contribution in [2.75, 3.05) is 14.1 Å². The van der Waals surface area contributed by atoms with Gasteiger partial charge in [0.2, 0.25) is 10.0 Å². The van der Waals surface area contributed by atoms with Crippen LogP contribution in [0.3, 0.4) is 0 Å². The van der Waals surface area contributed by atoms with Gasteiger partial charge in [0.05, 0.1) is 4.90 Å². The molecular weight excluding hydrogens is 250 g/mol. The fraction of sp³-hybridized carbons (Fsp3) is 0.538. The SMILES string of the molecule is CCC1Cc2cc(S(=O)(=O)N(C)C)c(C)cc2O1. The van der Waals surface area contributed by atoms with Crippen molar-refractivity contribution in [3.8, 4) is 5.75 Å². The molecule has 1 atom stereocenters. The van der Waals surface area contributed by atoms with Crippen molar-refractivity contribution in [3.05, 3.63) is 23.3 Å². The number of nitrogens with zero attached hydrogens (tertiary/aromatic N) is 1. The molecule has 0 aromatic heterocycles. The third kappa shape index (κ3) is 2.12. The van der Waals surface area contributed by atoms with Gasteiger partial charge in [0.1, 0.15) is 11.9 Å². The molecule has 0 spiro atoms.